The van der Waals surface area contributed by atoms with E-state index in [2.05, 4.69) is 15.4 Å². The minimum atomic E-state index is -4.00. The number of sulfonamides is 1. The number of halogens is 1. The van der Waals surface area contributed by atoms with E-state index in [0.717, 1.165) is 5.56 Å². The van der Waals surface area contributed by atoms with Crippen LogP contribution < -0.4 is 20.1 Å². The van der Waals surface area contributed by atoms with Crippen LogP contribution in [0.3, 0.4) is 0 Å². The zero-order valence-electron chi connectivity index (χ0n) is 18.4. The van der Waals surface area contributed by atoms with Gasteiger partial charge in [0, 0.05) is 13.1 Å². The number of carbonyl (C=O) groups is 3. The van der Waals surface area contributed by atoms with Crippen LogP contribution in [-0.2, 0) is 30.8 Å². The minimum Gasteiger partial charge on any atom is -0.482 e. The second-order valence-electron chi connectivity index (χ2n) is 7.29. The van der Waals surface area contributed by atoms with Crippen LogP contribution in [0.25, 0.3) is 0 Å². The van der Waals surface area contributed by atoms with Crippen molar-refractivity contribution in [3.05, 3.63) is 59.7 Å². The number of hydrogen-bond donors (Lipinski definition) is 4. The van der Waals surface area contributed by atoms with E-state index in [9.17, 15) is 22.8 Å². The van der Waals surface area contributed by atoms with Crippen LogP contribution in [-0.4, -0.2) is 62.9 Å². The Balaban J connectivity index is 2.14. The summed E-state index contributed by atoms with van der Waals surface area (Å²) in [6.07, 6.45) is 0.0180. The molecule has 34 heavy (non-hydrogen) atoms. The topological polar surface area (TPSA) is 151 Å². The van der Waals surface area contributed by atoms with Crippen molar-refractivity contribution in [1.29, 1.82) is 0 Å². The number of amides is 2. The average molecular weight is 512 g/mol. The summed E-state index contributed by atoms with van der Waals surface area (Å²) in [7, 11) is -4.00. The smallest absolute Gasteiger partial charge is 0.341 e. The number of rotatable bonds is 13. The van der Waals surface area contributed by atoms with Crippen molar-refractivity contribution in [2.45, 2.75) is 24.3 Å². The van der Waals surface area contributed by atoms with Gasteiger partial charge in [-0.1, -0.05) is 29.8 Å². The van der Waals surface area contributed by atoms with E-state index in [4.69, 9.17) is 21.4 Å². The lowest BCUT2D eigenvalue weighted by molar-refractivity contribution is -0.139. The van der Waals surface area contributed by atoms with Crippen LogP contribution >= 0.6 is 11.6 Å². The third kappa shape index (κ3) is 9.00. The molecule has 0 spiro atoms. The van der Waals surface area contributed by atoms with Crippen LogP contribution in [0, 0.1) is 6.92 Å². The normalized spacial score (nSPS) is 11.9. The van der Waals surface area contributed by atoms with Crippen LogP contribution in [0.15, 0.2) is 53.4 Å². The fourth-order valence-electron chi connectivity index (χ4n) is 2.82. The zero-order valence-corrected chi connectivity index (χ0v) is 20.0. The fourth-order valence-corrected chi connectivity index (χ4v) is 4.11. The molecule has 0 aliphatic carbocycles. The van der Waals surface area contributed by atoms with E-state index in [1.165, 1.54) is 24.3 Å². The van der Waals surface area contributed by atoms with E-state index in [-0.39, 0.29) is 30.3 Å². The molecule has 12 heteroatoms. The molecule has 2 rings (SSSR count). The van der Waals surface area contributed by atoms with Gasteiger partial charge in [0.2, 0.25) is 21.8 Å². The number of benzene rings is 2. The molecule has 0 saturated carbocycles. The maximum Gasteiger partial charge on any atom is 0.341 e. The van der Waals surface area contributed by atoms with Crippen molar-refractivity contribution in [2.75, 3.05) is 25.6 Å². The number of hydrogen-bond acceptors (Lipinski definition) is 6. The molecule has 0 heterocycles. The molecule has 2 amide bonds. The number of nitrogens with one attached hydrogen (secondary N) is 3. The highest BCUT2D eigenvalue weighted by atomic mass is 35.5. The average Bonchev–Trinajstić information content (AvgIpc) is 2.80. The number of alkyl halides is 1. The summed E-state index contributed by atoms with van der Waals surface area (Å²) in [5.41, 5.74) is 1.50. The number of aliphatic carboxylic acids is 1. The molecule has 4 N–H and O–H groups in total. The third-order valence-corrected chi connectivity index (χ3v) is 6.27. The van der Waals surface area contributed by atoms with E-state index in [1.807, 2.05) is 6.92 Å². The SMILES string of the molecule is Cc1ccc(S(=O)(=O)NC(Cc2ccc(OCC(=O)O)cc2)C(=O)NCCNC(=O)CCl)cc1. The van der Waals surface area contributed by atoms with Crippen molar-refractivity contribution < 1.29 is 32.6 Å². The number of carboxylic acids is 1. The molecule has 0 aliphatic heterocycles. The first kappa shape index (κ1) is 27.1. The molecule has 1 atom stereocenters. The molecule has 2 aromatic carbocycles. The highest BCUT2D eigenvalue weighted by Crippen LogP contribution is 2.16. The summed E-state index contributed by atoms with van der Waals surface area (Å²) < 4.78 is 33.3. The Labute approximate surface area is 202 Å². The van der Waals surface area contributed by atoms with Gasteiger partial charge in [0.05, 0.1) is 4.90 Å². The maximum absolute atomic E-state index is 12.9. The Bertz CT molecular complexity index is 1090. The van der Waals surface area contributed by atoms with Gasteiger partial charge in [0.25, 0.3) is 0 Å². The summed E-state index contributed by atoms with van der Waals surface area (Å²) in [6, 6.07) is 11.3. The van der Waals surface area contributed by atoms with Crippen molar-refractivity contribution in [3.8, 4) is 5.75 Å². The Morgan fingerprint density at radius 2 is 1.62 bits per heavy atom. The number of carboxylic acid groups (broad SMARTS) is 1. The predicted octanol–water partition coefficient (Wildman–Crippen LogP) is 0.819. The van der Waals surface area contributed by atoms with Gasteiger partial charge in [0.15, 0.2) is 6.61 Å². The molecule has 0 aliphatic rings. The first-order valence-corrected chi connectivity index (χ1v) is 12.3. The highest BCUT2D eigenvalue weighted by molar-refractivity contribution is 7.89. The van der Waals surface area contributed by atoms with Gasteiger partial charge in [-0.05, 0) is 43.2 Å². The van der Waals surface area contributed by atoms with Crippen LogP contribution in [0.4, 0.5) is 0 Å². The molecule has 0 fully saturated rings. The largest absolute Gasteiger partial charge is 0.482 e. The van der Waals surface area contributed by atoms with E-state index in [1.54, 1.807) is 24.3 Å². The summed E-state index contributed by atoms with van der Waals surface area (Å²) in [6.45, 7) is 1.53. The second-order valence-corrected chi connectivity index (χ2v) is 9.27. The lowest BCUT2D eigenvalue weighted by Crippen LogP contribution is -2.49. The van der Waals surface area contributed by atoms with Gasteiger partial charge < -0.3 is 20.5 Å². The first-order chi connectivity index (χ1) is 16.1. The number of ether oxygens (including phenoxy) is 1. The van der Waals surface area contributed by atoms with Gasteiger partial charge in [-0.25, -0.2) is 13.2 Å². The van der Waals surface area contributed by atoms with Crippen LogP contribution in [0.1, 0.15) is 11.1 Å². The Morgan fingerprint density at radius 3 is 2.21 bits per heavy atom. The van der Waals surface area contributed by atoms with E-state index < -0.39 is 40.5 Å². The number of aryl methyl sites for hydroxylation is 1. The lowest BCUT2D eigenvalue weighted by Gasteiger charge is -2.19. The van der Waals surface area contributed by atoms with Crippen LogP contribution in [0.5, 0.6) is 5.75 Å². The monoisotopic (exact) mass is 511 g/mol. The van der Waals surface area contributed by atoms with E-state index >= 15 is 0 Å². The van der Waals surface area contributed by atoms with Gasteiger partial charge >= 0.3 is 5.97 Å². The summed E-state index contributed by atoms with van der Waals surface area (Å²) in [4.78, 5) is 34.7. The molecule has 0 saturated heterocycles. The molecule has 1 unspecified atom stereocenters. The molecule has 0 aromatic heterocycles. The lowest BCUT2D eigenvalue weighted by atomic mass is 10.1. The minimum absolute atomic E-state index is 0.0164. The van der Waals surface area contributed by atoms with Crippen molar-refractivity contribution in [1.82, 2.24) is 15.4 Å². The van der Waals surface area contributed by atoms with Crippen molar-refractivity contribution in [2.24, 2.45) is 0 Å². The summed E-state index contributed by atoms with van der Waals surface area (Å²) >= 11 is 5.41. The standard InChI is InChI=1S/C22H26ClN3O7S/c1-15-2-8-18(9-3-15)34(31,32)26-19(22(30)25-11-10-24-20(27)13-23)12-16-4-6-17(7-5-16)33-14-21(28)29/h2-9,19,26H,10-14H2,1H3,(H,24,27)(H,25,30)(H,28,29). The highest BCUT2D eigenvalue weighted by Gasteiger charge is 2.26. The summed E-state index contributed by atoms with van der Waals surface area (Å²) in [5, 5.41) is 13.8. The molecule has 10 nitrogen and oxygen atoms in total. The zero-order chi connectivity index (χ0) is 25.1. The van der Waals surface area contributed by atoms with Gasteiger partial charge in [0.1, 0.15) is 17.7 Å². The quantitative estimate of drug-likeness (QED) is 0.229. The molecule has 184 valence electrons. The maximum atomic E-state index is 12.9. The van der Waals surface area contributed by atoms with Crippen molar-refractivity contribution >= 4 is 39.4 Å². The Morgan fingerprint density at radius 1 is 1.00 bits per heavy atom. The molecular formula is C22H26ClN3O7S. The van der Waals surface area contributed by atoms with Gasteiger partial charge in [-0.2, -0.15) is 4.72 Å². The van der Waals surface area contributed by atoms with Crippen LogP contribution in [0.2, 0.25) is 0 Å². The Kier molecular flexibility index (Phi) is 10.3. The van der Waals surface area contributed by atoms with Gasteiger partial charge in [-0.15, -0.1) is 11.6 Å². The van der Waals surface area contributed by atoms with E-state index in [0.29, 0.717) is 11.3 Å². The fraction of sp³-hybridized carbons (Fsp3) is 0.318. The van der Waals surface area contributed by atoms with Gasteiger partial charge in [-0.3, -0.25) is 9.59 Å². The Hall–Kier alpha value is -3.15. The molecule has 0 radical (unpaired) electrons. The molecular weight excluding hydrogens is 486 g/mol. The summed E-state index contributed by atoms with van der Waals surface area (Å²) in [5.74, 6) is -1.98. The second kappa shape index (κ2) is 12.9. The predicted molar refractivity (Wildman–Crippen MR) is 125 cm³/mol. The third-order valence-electron chi connectivity index (χ3n) is 4.54. The van der Waals surface area contributed by atoms with Crippen molar-refractivity contribution in [3.63, 3.8) is 0 Å². The first-order valence-electron chi connectivity index (χ1n) is 10.2. The molecule has 2 aromatic rings. The molecule has 0 bridgehead atoms. The number of carbonyl (C=O) groups excluding carboxylic acids is 2.